The lowest BCUT2D eigenvalue weighted by molar-refractivity contribution is -0.137. The lowest BCUT2D eigenvalue weighted by atomic mass is 10.0. The summed E-state index contributed by atoms with van der Waals surface area (Å²) in [7, 11) is 0. The highest BCUT2D eigenvalue weighted by Crippen LogP contribution is 2.29. The van der Waals surface area contributed by atoms with E-state index in [0.717, 1.165) is 72.8 Å². The van der Waals surface area contributed by atoms with Gasteiger partial charge in [0.05, 0.1) is 5.56 Å². The maximum Gasteiger partial charge on any atom is 0.416 e. The molecule has 0 unspecified atom stereocenters. The van der Waals surface area contributed by atoms with Gasteiger partial charge in [0, 0.05) is 74.0 Å². The SMILES string of the molecule is Cc1cc(Nc2ccc(CN(C(=O)C=Cc3ccc(C(F)(F)F)cc3)C3CCN(Cc4cccnc4)CC3)cc2)ccn1. The van der Waals surface area contributed by atoms with Gasteiger partial charge in [-0.2, -0.15) is 13.2 Å². The number of pyridine rings is 2. The average molecular weight is 586 g/mol. The second kappa shape index (κ2) is 13.6. The summed E-state index contributed by atoms with van der Waals surface area (Å²) >= 11 is 0. The van der Waals surface area contributed by atoms with Crippen LogP contribution in [-0.4, -0.2) is 44.8 Å². The first-order valence-corrected chi connectivity index (χ1v) is 14.3. The highest BCUT2D eigenvalue weighted by atomic mass is 19.4. The molecule has 2 aromatic heterocycles. The number of benzene rings is 2. The molecule has 3 heterocycles. The first-order valence-electron chi connectivity index (χ1n) is 14.3. The molecule has 0 radical (unpaired) electrons. The number of aromatic nitrogens is 2. The van der Waals surface area contributed by atoms with Crippen molar-refractivity contribution in [2.45, 2.75) is 45.1 Å². The summed E-state index contributed by atoms with van der Waals surface area (Å²) in [5.41, 5.74) is 4.77. The summed E-state index contributed by atoms with van der Waals surface area (Å²) in [6, 6.07) is 20.7. The number of hydrogen-bond acceptors (Lipinski definition) is 5. The van der Waals surface area contributed by atoms with E-state index in [0.29, 0.717) is 12.1 Å². The molecule has 0 spiro atoms. The number of rotatable bonds is 9. The molecule has 43 heavy (non-hydrogen) atoms. The van der Waals surface area contributed by atoms with Gasteiger partial charge in [-0.3, -0.25) is 19.7 Å². The van der Waals surface area contributed by atoms with Crippen molar-refractivity contribution < 1.29 is 18.0 Å². The Hall–Kier alpha value is -4.50. The van der Waals surface area contributed by atoms with E-state index in [2.05, 4.69) is 26.3 Å². The molecule has 9 heteroatoms. The summed E-state index contributed by atoms with van der Waals surface area (Å²) in [6.45, 7) is 4.88. The number of carbonyl (C=O) groups excluding carboxylic acids is 1. The van der Waals surface area contributed by atoms with Crippen LogP contribution in [0.25, 0.3) is 6.08 Å². The first kappa shape index (κ1) is 30.0. The zero-order valence-electron chi connectivity index (χ0n) is 24.0. The number of aryl methyl sites for hydroxylation is 1. The van der Waals surface area contributed by atoms with Gasteiger partial charge in [0.15, 0.2) is 0 Å². The van der Waals surface area contributed by atoms with Gasteiger partial charge in [0.2, 0.25) is 5.91 Å². The van der Waals surface area contributed by atoms with E-state index in [1.165, 1.54) is 18.2 Å². The maximum atomic E-state index is 13.6. The van der Waals surface area contributed by atoms with E-state index in [4.69, 9.17) is 0 Å². The van der Waals surface area contributed by atoms with Gasteiger partial charge in [-0.1, -0.05) is 30.3 Å². The topological polar surface area (TPSA) is 61.4 Å². The van der Waals surface area contributed by atoms with Gasteiger partial charge in [0.25, 0.3) is 0 Å². The molecule has 4 aromatic rings. The molecule has 1 amide bonds. The van der Waals surface area contributed by atoms with Crippen LogP contribution in [0.4, 0.5) is 24.5 Å². The lowest BCUT2D eigenvalue weighted by Gasteiger charge is -2.38. The number of amides is 1. The van der Waals surface area contributed by atoms with Gasteiger partial charge in [-0.25, -0.2) is 0 Å². The Bertz CT molecular complexity index is 1510. The molecule has 1 fully saturated rings. The molecule has 6 nitrogen and oxygen atoms in total. The van der Waals surface area contributed by atoms with Crippen LogP contribution in [0, 0.1) is 6.92 Å². The third-order valence-electron chi connectivity index (χ3n) is 7.56. The van der Waals surface area contributed by atoms with Gasteiger partial charge < -0.3 is 10.2 Å². The van der Waals surface area contributed by atoms with E-state index < -0.39 is 11.7 Å². The first-order chi connectivity index (χ1) is 20.7. The zero-order valence-corrected chi connectivity index (χ0v) is 24.0. The Balaban J connectivity index is 1.28. The zero-order chi connectivity index (χ0) is 30.2. The van der Waals surface area contributed by atoms with Crippen molar-refractivity contribution in [3.8, 4) is 0 Å². The molecule has 222 valence electrons. The van der Waals surface area contributed by atoms with Crippen LogP contribution in [0.5, 0.6) is 0 Å². The highest BCUT2D eigenvalue weighted by molar-refractivity contribution is 5.92. The fourth-order valence-corrected chi connectivity index (χ4v) is 5.25. The largest absolute Gasteiger partial charge is 0.416 e. The number of halogens is 3. The molecule has 0 atom stereocenters. The number of hydrogen-bond donors (Lipinski definition) is 1. The molecule has 0 aliphatic carbocycles. The third-order valence-corrected chi connectivity index (χ3v) is 7.56. The van der Waals surface area contributed by atoms with Crippen molar-refractivity contribution in [2.24, 2.45) is 0 Å². The van der Waals surface area contributed by atoms with Crippen LogP contribution in [0.3, 0.4) is 0 Å². The average Bonchev–Trinajstić information content (AvgIpc) is 3.00. The third kappa shape index (κ3) is 8.51. The van der Waals surface area contributed by atoms with Crippen LogP contribution in [-0.2, 0) is 24.1 Å². The van der Waals surface area contributed by atoms with Crippen LogP contribution < -0.4 is 5.32 Å². The minimum Gasteiger partial charge on any atom is -0.355 e. The highest BCUT2D eigenvalue weighted by Gasteiger charge is 2.30. The summed E-state index contributed by atoms with van der Waals surface area (Å²) in [5.74, 6) is -0.167. The van der Waals surface area contributed by atoms with Crippen LogP contribution in [0.1, 0.15) is 40.8 Å². The Labute approximate surface area is 249 Å². The van der Waals surface area contributed by atoms with E-state index in [-0.39, 0.29) is 11.9 Å². The van der Waals surface area contributed by atoms with Gasteiger partial charge in [-0.05, 0) is 85.0 Å². The number of carbonyl (C=O) groups is 1. The monoisotopic (exact) mass is 585 g/mol. The standard InChI is InChI=1S/C34H34F3N5O/c1-25-21-31(14-18-39-25)40-30-11-6-27(7-12-30)24-42(32-15-19-41(20-16-32)23-28-3-2-17-38-22-28)33(43)13-8-26-4-9-29(10-5-26)34(35,36)37/h2-14,17-18,21-22,32H,15-16,19-20,23-24H2,1H3,(H,39,40). The smallest absolute Gasteiger partial charge is 0.355 e. The number of alkyl halides is 3. The van der Waals surface area contributed by atoms with Crippen LogP contribution in [0.2, 0.25) is 0 Å². The number of nitrogens with one attached hydrogen (secondary N) is 1. The predicted molar refractivity (Wildman–Crippen MR) is 162 cm³/mol. The molecular weight excluding hydrogens is 551 g/mol. The van der Waals surface area contributed by atoms with E-state index >= 15 is 0 Å². The van der Waals surface area contributed by atoms with Crippen LogP contribution in [0.15, 0.2) is 97.5 Å². The molecule has 0 saturated carbocycles. The summed E-state index contributed by atoms with van der Waals surface area (Å²) in [4.78, 5) is 26.3. The van der Waals surface area contributed by atoms with E-state index in [9.17, 15) is 18.0 Å². The van der Waals surface area contributed by atoms with Crippen molar-refractivity contribution in [1.29, 1.82) is 0 Å². The molecule has 1 aliphatic rings. The van der Waals surface area contributed by atoms with Crippen molar-refractivity contribution in [1.82, 2.24) is 19.8 Å². The molecule has 5 rings (SSSR count). The number of likely N-dealkylation sites (tertiary alicyclic amines) is 1. The molecule has 1 aliphatic heterocycles. The lowest BCUT2D eigenvalue weighted by Crippen LogP contribution is -2.46. The number of nitrogens with zero attached hydrogens (tertiary/aromatic N) is 4. The molecule has 1 saturated heterocycles. The van der Waals surface area contributed by atoms with E-state index in [1.807, 2.05) is 60.5 Å². The molecule has 1 N–H and O–H groups in total. The Morgan fingerprint density at radius 3 is 2.37 bits per heavy atom. The quantitative estimate of drug-likeness (QED) is 0.210. The number of piperidine rings is 1. The molecule has 0 bridgehead atoms. The molecular formula is C34H34F3N5O. The Kier molecular flexibility index (Phi) is 9.51. The fourth-order valence-electron chi connectivity index (χ4n) is 5.25. The summed E-state index contributed by atoms with van der Waals surface area (Å²) in [6.07, 6.45) is 5.69. The normalized spacial score (nSPS) is 14.6. The Morgan fingerprint density at radius 2 is 1.72 bits per heavy atom. The van der Waals surface area contributed by atoms with Crippen molar-refractivity contribution >= 4 is 23.4 Å². The minimum atomic E-state index is -4.40. The van der Waals surface area contributed by atoms with E-state index in [1.54, 1.807) is 18.5 Å². The number of anilines is 2. The maximum absolute atomic E-state index is 13.6. The fraction of sp³-hybridized carbons (Fsp3) is 0.265. The van der Waals surface area contributed by atoms with Gasteiger partial charge in [-0.15, -0.1) is 0 Å². The second-order valence-electron chi connectivity index (χ2n) is 10.8. The van der Waals surface area contributed by atoms with Crippen molar-refractivity contribution in [3.05, 3.63) is 125 Å². The van der Waals surface area contributed by atoms with Gasteiger partial charge >= 0.3 is 6.18 Å². The summed E-state index contributed by atoms with van der Waals surface area (Å²) in [5, 5.41) is 3.38. The molecule has 2 aromatic carbocycles. The second-order valence-corrected chi connectivity index (χ2v) is 10.8. The Morgan fingerprint density at radius 1 is 0.977 bits per heavy atom. The predicted octanol–water partition coefficient (Wildman–Crippen LogP) is 7.25. The summed E-state index contributed by atoms with van der Waals surface area (Å²) < 4.78 is 38.9. The minimum absolute atomic E-state index is 0.0347. The van der Waals surface area contributed by atoms with Crippen molar-refractivity contribution in [3.63, 3.8) is 0 Å². The van der Waals surface area contributed by atoms with Gasteiger partial charge in [0.1, 0.15) is 0 Å². The van der Waals surface area contributed by atoms with Crippen LogP contribution >= 0.6 is 0 Å². The van der Waals surface area contributed by atoms with Crippen molar-refractivity contribution in [2.75, 3.05) is 18.4 Å².